The smallest absolute Gasteiger partial charge is 0.350 e. The Labute approximate surface area is 236 Å². The number of aliphatic hydroxyl groups excluding tert-OH is 1. The van der Waals surface area contributed by atoms with Crippen LogP contribution in [-0.4, -0.2) is 57.1 Å². The van der Waals surface area contributed by atoms with E-state index in [0.717, 1.165) is 24.9 Å². The number of carbonyl (C=O) groups is 3. The lowest BCUT2D eigenvalue weighted by atomic mass is 10.0. The van der Waals surface area contributed by atoms with E-state index in [1.54, 1.807) is 24.3 Å². The number of aliphatic hydroxyl groups is 1. The largest absolute Gasteiger partial charge is 0.394 e. The predicted molar refractivity (Wildman–Crippen MR) is 154 cm³/mol. The molecule has 3 amide bonds. The van der Waals surface area contributed by atoms with Gasteiger partial charge < -0.3 is 32.1 Å². The maximum absolute atomic E-state index is 12.6. The number of hydrogen-bond donors (Lipinski definition) is 6. The van der Waals surface area contributed by atoms with Crippen molar-refractivity contribution in [2.45, 2.75) is 37.9 Å². The zero-order valence-corrected chi connectivity index (χ0v) is 22.4. The summed E-state index contributed by atoms with van der Waals surface area (Å²) in [6.07, 6.45) is 3.30. The molecule has 1 aliphatic heterocycles. The number of aromatic nitrogens is 2. The van der Waals surface area contributed by atoms with Gasteiger partial charge in [-0.15, -0.1) is 0 Å². The summed E-state index contributed by atoms with van der Waals surface area (Å²) in [5.41, 5.74) is 5.77. The Balaban J connectivity index is 1.30. The van der Waals surface area contributed by atoms with Gasteiger partial charge in [0.25, 0.3) is 5.91 Å². The molecule has 0 radical (unpaired) electrons. The third kappa shape index (κ3) is 7.86. The molecule has 7 N–H and O–H groups in total. The van der Waals surface area contributed by atoms with Crippen molar-refractivity contribution in [2.24, 2.45) is 5.73 Å². The first-order valence-corrected chi connectivity index (χ1v) is 13.0. The first-order valence-electron chi connectivity index (χ1n) is 13.0. The molecule has 1 fully saturated rings. The average molecular weight is 558 g/mol. The average Bonchev–Trinajstić information content (AvgIpc) is 3.51. The predicted octanol–water partition coefficient (Wildman–Crippen LogP) is 0.886. The number of hydrogen-bond acceptors (Lipinski definition) is 8. The van der Waals surface area contributed by atoms with Crippen LogP contribution in [-0.2, 0) is 16.1 Å². The van der Waals surface area contributed by atoms with Crippen molar-refractivity contribution in [1.82, 2.24) is 14.9 Å². The SMILES string of the molecule is CC(N)(CO)C(=O)Nc1ccc(C(=O)Nc2ccn(CC#Cc3ccc(NC(=O)C4CCCN4)cc3)c(=O)n2)cc1. The minimum absolute atomic E-state index is 0.0499. The number of rotatable bonds is 8. The van der Waals surface area contributed by atoms with Crippen molar-refractivity contribution in [2.75, 3.05) is 29.1 Å². The molecule has 1 saturated heterocycles. The molecule has 0 saturated carbocycles. The van der Waals surface area contributed by atoms with Crippen LogP contribution < -0.4 is 32.7 Å². The Bertz CT molecular complexity index is 1530. The number of amides is 3. The molecule has 2 unspecified atom stereocenters. The maximum Gasteiger partial charge on any atom is 0.350 e. The minimum Gasteiger partial charge on any atom is -0.394 e. The lowest BCUT2D eigenvalue weighted by Crippen LogP contribution is -2.51. The van der Waals surface area contributed by atoms with Gasteiger partial charge in [0.1, 0.15) is 11.4 Å². The number of carbonyl (C=O) groups excluding carboxylic acids is 3. The van der Waals surface area contributed by atoms with E-state index in [4.69, 9.17) is 5.73 Å². The normalized spacial score (nSPS) is 15.6. The highest BCUT2D eigenvalue weighted by atomic mass is 16.3. The van der Waals surface area contributed by atoms with Crippen LogP contribution in [0.1, 0.15) is 35.7 Å². The molecule has 212 valence electrons. The standard InChI is InChI=1S/C29H31N7O5/c1-29(30,18-37)27(40)33-22-12-8-20(9-13-22)25(38)34-24-14-17-36(28(41)35-24)16-3-4-19-6-10-21(11-7-19)32-26(39)23-5-2-15-31-23/h6-14,17,23,31,37H,2,5,15-16,18,30H2,1H3,(H,32,39)(H,33,40)(H,34,35,38,41). The molecule has 2 atom stereocenters. The lowest BCUT2D eigenvalue weighted by molar-refractivity contribution is -0.122. The summed E-state index contributed by atoms with van der Waals surface area (Å²) < 4.78 is 1.31. The zero-order chi connectivity index (χ0) is 29.4. The van der Waals surface area contributed by atoms with E-state index in [1.165, 1.54) is 48.0 Å². The fourth-order valence-corrected chi connectivity index (χ4v) is 3.86. The highest BCUT2D eigenvalue weighted by molar-refractivity contribution is 6.04. The van der Waals surface area contributed by atoms with E-state index in [0.29, 0.717) is 11.4 Å². The Kier molecular flexibility index (Phi) is 9.26. The second-order valence-electron chi connectivity index (χ2n) is 9.80. The van der Waals surface area contributed by atoms with Crippen molar-refractivity contribution in [3.05, 3.63) is 82.4 Å². The molecule has 12 heteroatoms. The first kappa shape index (κ1) is 29.2. The quantitative estimate of drug-likeness (QED) is 0.221. The number of nitrogens with one attached hydrogen (secondary N) is 4. The molecular formula is C29H31N7O5. The van der Waals surface area contributed by atoms with E-state index in [9.17, 15) is 24.3 Å². The van der Waals surface area contributed by atoms with Gasteiger partial charge in [-0.2, -0.15) is 4.98 Å². The minimum atomic E-state index is -1.44. The third-order valence-electron chi connectivity index (χ3n) is 6.38. The van der Waals surface area contributed by atoms with Crippen LogP contribution in [0, 0.1) is 11.8 Å². The summed E-state index contributed by atoms with van der Waals surface area (Å²) >= 11 is 0. The van der Waals surface area contributed by atoms with Gasteiger partial charge in [-0.1, -0.05) is 11.8 Å². The number of benzene rings is 2. The van der Waals surface area contributed by atoms with Gasteiger partial charge in [-0.3, -0.25) is 19.0 Å². The molecule has 3 aromatic rings. The van der Waals surface area contributed by atoms with Crippen LogP contribution >= 0.6 is 0 Å². The van der Waals surface area contributed by atoms with Gasteiger partial charge in [0.15, 0.2) is 0 Å². The highest BCUT2D eigenvalue weighted by Gasteiger charge is 2.27. The molecule has 12 nitrogen and oxygen atoms in total. The molecule has 1 aliphatic rings. The van der Waals surface area contributed by atoms with E-state index in [1.807, 2.05) is 0 Å². The van der Waals surface area contributed by atoms with Crippen molar-refractivity contribution in [1.29, 1.82) is 0 Å². The van der Waals surface area contributed by atoms with E-state index < -0.39 is 29.6 Å². The molecule has 0 bridgehead atoms. The van der Waals surface area contributed by atoms with E-state index in [-0.39, 0.29) is 29.9 Å². The van der Waals surface area contributed by atoms with Crippen molar-refractivity contribution < 1.29 is 19.5 Å². The van der Waals surface area contributed by atoms with Crippen LogP contribution in [0.4, 0.5) is 17.2 Å². The molecule has 1 aromatic heterocycles. The third-order valence-corrected chi connectivity index (χ3v) is 6.38. The summed E-state index contributed by atoms with van der Waals surface area (Å²) in [7, 11) is 0. The van der Waals surface area contributed by atoms with Crippen LogP contribution in [0.15, 0.2) is 65.6 Å². The Morgan fingerprint density at radius 3 is 2.39 bits per heavy atom. The molecular weight excluding hydrogens is 526 g/mol. The Hall–Kier alpha value is -4.83. The fourth-order valence-electron chi connectivity index (χ4n) is 3.86. The van der Waals surface area contributed by atoms with Gasteiger partial charge in [0.2, 0.25) is 11.8 Å². The number of nitrogens with two attached hydrogens (primary N) is 1. The van der Waals surface area contributed by atoms with Crippen LogP contribution in [0.5, 0.6) is 0 Å². The monoisotopic (exact) mass is 557 g/mol. The fraction of sp³-hybridized carbons (Fsp3) is 0.276. The van der Waals surface area contributed by atoms with Gasteiger partial charge in [-0.05, 0) is 80.9 Å². The van der Waals surface area contributed by atoms with Crippen LogP contribution in [0.3, 0.4) is 0 Å². The second-order valence-corrected chi connectivity index (χ2v) is 9.80. The molecule has 0 spiro atoms. The van der Waals surface area contributed by atoms with E-state index in [2.05, 4.69) is 38.1 Å². The zero-order valence-electron chi connectivity index (χ0n) is 22.4. The van der Waals surface area contributed by atoms with E-state index >= 15 is 0 Å². The van der Waals surface area contributed by atoms with Crippen molar-refractivity contribution in [3.8, 4) is 11.8 Å². The lowest BCUT2D eigenvalue weighted by Gasteiger charge is -2.20. The molecule has 41 heavy (non-hydrogen) atoms. The van der Waals surface area contributed by atoms with Gasteiger partial charge >= 0.3 is 5.69 Å². The number of anilines is 3. The van der Waals surface area contributed by atoms with Crippen molar-refractivity contribution in [3.63, 3.8) is 0 Å². The second kappa shape index (κ2) is 13.0. The summed E-state index contributed by atoms with van der Waals surface area (Å²) in [6.45, 7) is 1.82. The summed E-state index contributed by atoms with van der Waals surface area (Å²) in [5.74, 6) is 4.86. The highest BCUT2D eigenvalue weighted by Crippen LogP contribution is 2.14. The Morgan fingerprint density at radius 1 is 1.07 bits per heavy atom. The van der Waals surface area contributed by atoms with Crippen molar-refractivity contribution >= 4 is 34.9 Å². The molecule has 4 rings (SSSR count). The first-order chi connectivity index (χ1) is 19.6. The topological polar surface area (TPSA) is 180 Å². The van der Waals surface area contributed by atoms with Crippen LogP contribution in [0.2, 0.25) is 0 Å². The maximum atomic E-state index is 12.6. The number of nitrogens with zero attached hydrogens (tertiary/aromatic N) is 2. The summed E-state index contributed by atoms with van der Waals surface area (Å²) in [5, 5.41) is 20.4. The van der Waals surface area contributed by atoms with Gasteiger partial charge in [0.05, 0.1) is 19.2 Å². The summed E-state index contributed by atoms with van der Waals surface area (Å²) in [6, 6.07) is 14.5. The Morgan fingerprint density at radius 2 is 1.76 bits per heavy atom. The molecule has 2 aromatic carbocycles. The van der Waals surface area contributed by atoms with Gasteiger partial charge in [0, 0.05) is 28.7 Å². The summed E-state index contributed by atoms with van der Waals surface area (Å²) in [4.78, 5) is 53.2. The van der Waals surface area contributed by atoms with Gasteiger partial charge in [-0.25, -0.2) is 4.79 Å². The van der Waals surface area contributed by atoms with Crippen LogP contribution in [0.25, 0.3) is 0 Å². The molecule has 2 heterocycles. The molecule has 0 aliphatic carbocycles.